The molecule has 0 unspecified atom stereocenters. The van der Waals surface area contributed by atoms with E-state index >= 15 is 0 Å². The van der Waals surface area contributed by atoms with Gasteiger partial charge in [0.25, 0.3) is 5.56 Å². The zero-order valence-electron chi connectivity index (χ0n) is 21.8. The number of aryl methyl sites for hydroxylation is 1. The van der Waals surface area contributed by atoms with Crippen molar-refractivity contribution in [2.75, 3.05) is 32.7 Å². The summed E-state index contributed by atoms with van der Waals surface area (Å²) in [5.74, 6) is 0.732. The summed E-state index contributed by atoms with van der Waals surface area (Å²) in [5, 5.41) is 0.508. The summed E-state index contributed by atoms with van der Waals surface area (Å²) in [6.07, 6.45) is -0.443. The van der Waals surface area contributed by atoms with E-state index < -0.39 is 11.6 Å². The van der Waals surface area contributed by atoms with Gasteiger partial charge in [-0.25, -0.2) is 4.79 Å². The largest absolute Gasteiger partial charge is 0.497 e. The van der Waals surface area contributed by atoms with Crippen LogP contribution in [-0.4, -0.2) is 41.5 Å². The number of fused-ring (bicyclic) bond motifs is 3. The minimum Gasteiger partial charge on any atom is -0.497 e. The highest BCUT2D eigenvalue weighted by Crippen LogP contribution is 2.45. The van der Waals surface area contributed by atoms with Crippen LogP contribution in [0.4, 0.5) is 5.69 Å². The summed E-state index contributed by atoms with van der Waals surface area (Å²) in [7, 11) is 8.87. The third-order valence-corrected chi connectivity index (χ3v) is 7.14. The molecule has 3 heterocycles. The predicted molar refractivity (Wildman–Crippen MR) is 142 cm³/mol. The maximum absolute atomic E-state index is 13.7. The highest BCUT2D eigenvalue weighted by Gasteiger charge is 2.40. The van der Waals surface area contributed by atoms with Crippen LogP contribution in [-0.2, 0) is 24.4 Å². The Kier molecular flexibility index (Phi) is 5.59. The monoisotopic (exact) mass is 488 g/mol. The molecule has 0 saturated carbocycles. The Bertz CT molecular complexity index is 1570. The SMILES string of the molecule is COc1ccc(-c2c3c(=O)n(C)c(=O)n(C)c3c3n2C(C)(C)CO[C@H]3c2ccc(N(C)C)cc2)cc1. The second-order valence-electron chi connectivity index (χ2n) is 10.2. The molecule has 36 heavy (non-hydrogen) atoms. The quantitative estimate of drug-likeness (QED) is 0.439. The lowest BCUT2D eigenvalue weighted by molar-refractivity contribution is -0.00706. The molecule has 1 aliphatic rings. The van der Waals surface area contributed by atoms with Crippen LogP contribution in [0.5, 0.6) is 5.75 Å². The number of rotatable bonds is 4. The third kappa shape index (κ3) is 3.47. The number of hydrogen-bond acceptors (Lipinski definition) is 5. The maximum Gasteiger partial charge on any atom is 0.331 e. The molecule has 0 N–H and O–H groups in total. The van der Waals surface area contributed by atoms with Gasteiger partial charge in [0.15, 0.2) is 0 Å². The molecule has 0 amide bonds. The van der Waals surface area contributed by atoms with Gasteiger partial charge in [-0.3, -0.25) is 13.9 Å². The Labute approximate surface area is 209 Å². The number of nitrogens with zero attached hydrogens (tertiary/aromatic N) is 4. The number of aromatic nitrogens is 3. The Morgan fingerprint density at radius 2 is 1.61 bits per heavy atom. The fourth-order valence-corrected chi connectivity index (χ4v) is 5.22. The summed E-state index contributed by atoms with van der Waals surface area (Å²) in [4.78, 5) is 28.8. The molecule has 8 nitrogen and oxygen atoms in total. The molecule has 5 rings (SSSR count). The summed E-state index contributed by atoms with van der Waals surface area (Å²) < 4.78 is 16.8. The van der Waals surface area contributed by atoms with Gasteiger partial charge in [-0.15, -0.1) is 0 Å². The van der Waals surface area contributed by atoms with Crippen molar-refractivity contribution in [3.63, 3.8) is 0 Å². The molecule has 0 bridgehead atoms. The van der Waals surface area contributed by atoms with Crippen molar-refractivity contribution in [3.05, 3.63) is 80.6 Å². The third-order valence-electron chi connectivity index (χ3n) is 7.14. The molecule has 0 radical (unpaired) electrons. The van der Waals surface area contributed by atoms with E-state index in [1.54, 1.807) is 18.7 Å². The molecule has 0 aliphatic carbocycles. The van der Waals surface area contributed by atoms with E-state index in [4.69, 9.17) is 9.47 Å². The van der Waals surface area contributed by atoms with Gasteiger partial charge in [-0.2, -0.15) is 0 Å². The zero-order valence-corrected chi connectivity index (χ0v) is 21.8. The molecule has 1 atom stereocenters. The molecule has 0 fully saturated rings. The molecule has 0 spiro atoms. The van der Waals surface area contributed by atoms with Gasteiger partial charge in [0, 0.05) is 33.9 Å². The van der Waals surface area contributed by atoms with Gasteiger partial charge >= 0.3 is 5.69 Å². The predicted octanol–water partition coefficient (Wildman–Crippen LogP) is 3.64. The standard InChI is InChI=1S/C28H32N4O4/c1-28(2)16-36-25(18-8-12-19(13-9-18)29(3)4)24-23-21(26(33)31(6)27(34)30(23)5)22(32(24)28)17-10-14-20(35-7)15-11-17/h8-15,25H,16H2,1-7H3/t25-/m0/s1. The summed E-state index contributed by atoms with van der Waals surface area (Å²) in [5.41, 5.74) is 3.95. The second-order valence-corrected chi connectivity index (χ2v) is 10.2. The Morgan fingerprint density at radius 3 is 2.19 bits per heavy atom. The van der Waals surface area contributed by atoms with Gasteiger partial charge in [0.05, 0.1) is 41.5 Å². The normalized spacial score (nSPS) is 16.7. The van der Waals surface area contributed by atoms with E-state index in [2.05, 4.69) is 30.5 Å². The molecule has 188 valence electrons. The van der Waals surface area contributed by atoms with Crippen LogP contribution in [0.15, 0.2) is 58.1 Å². The van der Waals surface area contributed by atoms with Crippen molar-refractivity contribution >= 4 is 16.6 Å². The topological polar surface area (TPSA) is 70.6 Å². The molecule has 2 aromatic carbocycles. The molecule has 0 saturated heterocycles. The lowest BCUT2D eigenvalue weighted by Gasteiger charge is -2.39. The van der Waals surface area contributed by atoms with E-state index in [0.29, 0.717) is 17.5 Å². The average Bonchev–Trinajstić information content (AvgIpc) is 3.24. The van der Waals surface area contributed by atoms with E-state index in [-0.39, 0.29) is 11.2 Å². The van der Waals surface area contributed by atoms with Crippen molar-refractivity contribution in [2.24, 2.45) is 14.1 Å². The first-order valence-electron chi connectivity index (χ1n) is 11.9. The first-order chi connectivity index (χ1) is 17.1. The van der Waals surface area contributed by atoms with E-state index in [9.17, 15) is 9.59 Å². The highest BCUT2D eigenvalue weighted by molar-refractivity contribution is 5.97. The highest BCUT2D eigenvalue weighted by atomic mass is 16.5. The lowest BCUT2D eigenvalue weighted by Crippen LogP contribution is -2.40. The van der Waals surface area contributed by atoms with E-state index in [0.717, 1.165) is 34.0 Å². The van der Waals surface area contributed by atoms with Crippen molar-refractivity contribution in [2.45, 2.75) is 25.5 Å². The number of ether oxygens (including phenoxy) is 2. The van der Waals surface area contributed by atoms with Gasteiger partial charge in [-0.05, 0) is 61.4 Å². The Morgan fingerprint density at radius 1 is 0.972 bits per heavy atom. The molecule has 1 aliphatic heterocycles. The van der Waals surface area contributed by atoms with Gasteiger partial charge in [0.1, 0.15) is 11.9 Å². The van der Waals surface area contributed by atoms with Crippen LogP contribution in [0.2, 0.25) is 0 Å². The average molecular weight is 489 g/mol. The molecule has 4 aromatic rings. The Hall–Kier alpha value is -3.78. The smallest absolute Gasteiger partial charge is 0.331 e. The van der Waals surface area contributed by atoms with Gasteiger partial charge < -0.3 is 18.9 Å². The van der Waals surface area contributed by atoms with Crippen LogP contribution in [0.3, 0.4) is 0 Å². The molecular weight excluding hydrogens is 456 g/mol. The minimum atomic E-state index is -0.468. The molecule has 2 aromatic heterocycles. The number of methoxy groups -OCH3 is 1. The van der Waals surface area contributed by atoms with E-state index in [1.807, 2.05) is 55.4 Å². The lowest BCUT2D eigenvalue weighted by atomic mass is 9.98. The molecular formula is C28H32N4O4. The van der Waals surface area contributed by atoms with Gasteiger partial charge in [-0.1, -0.05) is 12.1 Å². The fourth-order valence-electron chi connectivity index (χ4n) is 5.22. The van der Waals surface area contributed by atoms with Crippen LogP contribution < -0.4 is 20.9 Å². The minimum absolute atomic E-state index is 0.321. The van der Waals surface area contributed by atoms with Crippen molar-refractivity contribution < 1.29 is 9.47 Å². The molecule has 8 heteroatoms. The fraction of sp³-hybridized carbons (Fsp3) is 0.357. The first kappa shape index (κ1) is 23.9. The first-order valence-corrected chi connectivity index (χ1v) is 11.9. The van der Waals surface area contributed by atoms with Crippen LogP contribution in [0.1, 0.15) is 31.2 Å². The number of benzene rings is 2. The van der Waals surface area contributed by atoms with Crippen molar-refractivity contribution in [1.29, 1.82) is 0 Å². The number of anilines is 1. The maximum atomic E-state index is 13.7. The number of hydrogen-bond donors (Lipinski definition) is 0. The van der Waals surface area contributed by atoms with Crippen LogP contribution >= 0.6 is 0 Å². The van der Waals surface area contributed by atoms with Crippen LogP contribution in [0.25, 0.3) is 22.2 Å². The van der Waals surface area contributed by atoms with E-state index in [1.165, 1.54) is 11.6 Å². The van der Waals surface area contributed by atoms with Crippen molar-refractivity contribution in [3.8, 4) is 17.0 Å². The summed E-state index contributed by atoms with van der Waals surface area (Å²) in [6, 6.07) is 15.9. The van der Waals surface area contributed by atoms with Crippen LogP contribution in [0, 0.1) is 0 Å². The van der Waals surface area contributed by atoms with Gasteiger partial charge in [0.2, 0.25) is 0 Å². The zero-order chi connectivity index (χ0) is 25.9. The summed E-state index contributed by atoms with van der Waals surface area (Å²) >= 11 is 0. The van der Waals surface area contributed by atoms with Crippen molar-refractivity contribution in [1.82, 2.24) is 13.7 Å². The summed E-state index contributed by atoms with van der Waals surface area (Å²) in [6.45, 7) is 4.63. The Balaban J connectivity index is 1.91. The second kappa shape index (κ2) is 8.41.